The molecule has 0 saturated heterocycles. The highest BCUT2D eigenvalue weighted by molar-refractivity contribution is 6.29. The van der Waals surface area contributed by atoms with Crippen LogP contribution in [0.25, 0.3) is 0 Å². The Morgan fingerprint density at radius 1 is 1.40 bits per heavy atom. The first-order valence-electron chi connectivity index (χ1n) is 6.57. The zero-order chi connectivity index (χ0) is 14.3. The summed E-state index contributed by atoms with van der Waals surface area (Å²) in [6.07, 6.45) is 2.07. The van der Waals surface area contributed by atoms with Crippen molar-refractivity contribution in [3.05, 3.63) is 62.5 Å². The minimum atomic E-state index is -0.268. The summed E-state index contributed by atoms with van der Waals surface area (Å²) in [6.45, 7) is 2.24. The summed E-state index contributed by atoms with van der Waals surface area (Å²) >= 11 is 5.87. The Morgan fingerprint density at radius 2 is 2.15 bits per heavy atom. The molecule has 2 aromatic rings. The van der Waals surface area contributed by atoms with Gasteiger partial charge in [-0.2, -0.15) is 0 Å². The molecule has 20 heavy (non-hydrogen) atoms. The van der Waals surface area contributed by atoms with Crippen molar-refractivity contribution in [3.8, 4) is 0 Å². The van der Waals surface area contributed by atoms with Crippen LogP contribution in [0.3, 0.4) is 0 Å². The van der Waals surface area contributed by atoms with Gasteiger partial charge in [-0.05, 0) is 43.0 Å². The summed E-state index contributed by atoms with van der Waals surface area (Å²) < 4.78 is 14.8. The molecule has 0 N–H and O–H groups in total. The number of rotatable bonds is 3. The minimum absolute atomic E-state index is 0.157. The van der Waals surface area contributed by atoms with Gasteiger partial charge in [0.05, 0.1) is 6.54 Å². The fourth-order valence-electron chi connectivity index (χ4n) is 2.31. The summed E-state index contributed by atoms with van der Waals surface area (Å²) in [6, 6.07) is 5.92. The topological polar surface area (TPSA) is 34.9 Å². The monoisotopic (exact) mass is 292 g/mol. The van der Waals surface area contributed by atoms with E-state index in [0.29, 0.717) is 12.5 Å². The Bertz CT molecular complexity index is 722. The van der Waals surface area contributed by atoms with Gasteiger partial charge < -0.3 is 0 Å². The molecule has 104 valence electrons. The number of halogens is 2. The van der Waals surface area contributed by atoms with Crippen molar-refractivity contribution in [1.29, 1.82) is 0 Å². The summed E-state index contributed by atoms with van der Waals surface area (Å²) in [4.78, 5) is 16.4. The van der Waals surface area contributed by atoms with E-state index in [0.717, 1.165) is 29.8 Å². The summed E-state index contributed by atoms with van der Waals surface area (Å²) in [5.41, 5.74) is 1.59. The molecule has 1 aliphatic rings. The quantitative estimate of drug-likeness (QED) is 0.814. The zero-order valence-electron chi connectivity index (χ0n) is 11.1. The van der Waals surface area contributed by atoms with Crippen LogP contribution in [-0.4, -0.2) is 9.55 Å². The van der Waals surface area contributed by atoms with Crippen molar-refractivity contribution in [2.45, 2.75) is 32.2 Å². The lowest BCUT2D eigenvalue weighted by Crippen LogP contribution is -2.25. The third-order valence-electron chi connectivity index (χ3n) is 3.58. The molecule has 1 fully saturated rings. The van der Waals surface area contributed by atoms with Gasteiger partial charge in [0, 0.05) is 12.0 Å². The number of nitrogens with zero attached hydrogens (tertiary/aromatic N) is 2. The van der Waals surface area contributed by atoms with E-state index in [4.69, 9.17) is 11.6 Å². The first-order chi connectivity index (χ1) is 9.54. The van der Waals surface area contributed by atoms with Gasteiger partial charge in [-0.1, -0.05) is 17.7 Å². The maximum absolute atomic E-state index is 13.1. The Kier molecular flexibility index (Phi) is 3.34. The first-order valence-corrected chi connectivity index (χ1v) is 6.94. The highest BCUT2D eigenvalue weighted by Crippen LogP contribution is 2.39. The van der Waals surface area contributed by atoms with Gasteiger partial charge in [0.2, 0.25) is 0 Å². The molecule has 5 heteroatoms. The van der Waals surface area contributed by atoms with Crippen molar-refractivity contribution in [1.82, 2.24) is 9.55 Å². The largest absolute Gasteiger partial charge is 0.292 e. The van der Waals surface area contributed by atoms with Crippen LogP contribution < -0.4 is 5.56 Å². The van der Waals surface area contributed by atoms with E-state index in [2.05, 4.69) is 4.98 Å². The second-order valence-electron chi connectivity index (χ2n) is 5.21. The summed E-state index contributed by atoms with van der Waals surface area (Å²) in [5, 5.41) is 0.240. The predicted octanol–water partition coefficient (Wildman–Crippen LogP) is 3.27. The van der Waals surface area contributed by atoms with Gasteiger partial charge in [0.15, 0.2) is 0 Å². The number of aryl methyl sites for hydroxylation is 1. The lowest BCUT2D eigenvalue weighted by atomic mass is 10.1. The normalized spacial score (nSPS) is 14.6. The van der Waals surface area contributed by atoms with E-state index in [1.54, 1.807) is 10.6 Å². The van der Waals surface area contributed by atoms with Crippen LogP contribution in [-0.2, 0) is 6.54 Å². The second-order valence-corrected chi connectivity index (χ2v) is 5.59. The van der Waals surface area contributed by atoms with E-state index in [1.165, 1.54) is 18.2 Å². The van der Waals surface area contributed by atoms with Gasteiger partial charge in [-0.3, -0.25) is 9.36 Å². The standard InChI is InChI=1S/C15H14ClFN2O/c1-9-6-12(17)5-4-11(9)8-19-14(20)7-13(16)18-15(19)10-2-3-10/h4-7,10H,2-3,8H2,1H3. The van der Waals surface area contributed by atoms with Gasteiger partial charge >= 0.3 is 0 Å². The van der Waals surface area contributed by atoms with E-state index >= 15 is 0 Å². The Balaban J connectivity index is 2.04. The fourth-order valence-corrected chi connectivity index (χ4v) is 2.49. The molecule has 1 heterocycles. The van der Waals surface area contributed by atoms with Crippen molar-refractivity contribution in [3.63, 3.8) is 0 Å². The van der Waals surface area contributed by atoms with Crippen molar-refractivity contribution in [2.75, 3.05) is 0 Å². The molecule has 1 aromatic carbocycles. The van der Waals surface area contributed by atoms with E-state index in [9.17, 15) is 9.18 Å². The van der Waals surface area contributed by atoms with Crippen LogP contribution in [0, 0.1) is 12.7 Å². The van der Waals surface area contributed by atoms with E-state index in [-0.39, 0.29) is 16.5 Å². The number of hydrogen-bond acceptors (Lipinski definition) is 2. The smallest absolute Gasteiger partial charge is 0.255 e. The maximum atomic E-state index is 13.1. The molecule has 0 unspecified atom stereocenters. The number of aromatic nitrogens is 2. The highest BCUT2D eigenvalue weighted by Gasteiger charge is 2.29. The lowest BCUT2D eigenvalue weighted by Gasteiger charge is -2.13. The maximum Gasteiger partial charge on any atom is 0.255 e. The summed E-state index contributed by atoms with van der Waals surface area (Å²) in [7, 11) is 0. The summed E-state index contributed by atoms with van der Waals surface area (Å²) in [5.74, 6) is 0.795. The van der Waals surface area contributed by atoms with Crippen LogP contribution >= 0.6 is 11.6 Å². The number of benzene rings is 1. The van der Waals surface area contributed by atoms with Crippen LogP contribution in [0.4, 0.5) is 4.39 Å². The Labute approximate surface area is 121 Å². The minimum Gasteiger partial charge on any atom is -0.292 e. The van der Waals surface area contributed by atoms with Crippen molar-refractivity contribution >= 4 is 11.6 Å². The SMILES string of the molecule is Cc1cc(F)ccc1Cn1c(C2CC2)nc(Cl)cc1=O. The molecule has 0 atom stereocenters. The van der Waals surface area contributed by atoms with E-state index < -0.39 is 0 Å². The number of hydrogen-bond donors (Lipinski definition) is 0. The van der Waals surface area contributed by atoms with Gasteiger partial charge in [0.25, 0.3) is 5.56 Å². The van der Waals surface area contributed by atoms with Gasteiger partial charge in [-0.15, -0.1) is 0 Å². The second kappa shape index (κ2) is 5.02. The lowest BCUT2D eigenvalue weighted by molar-refractivity contribution is 0.622. The molecule has 0 radical (unpaired) electrons. The fraction of sp³-hybridized carbons (Fsp3) is 0.333. The molecule has 1 aromatic heterocycles. The molecule has 3 nitrogen and oxygen atoms in total. The molecular formula is C15H14ClFN2O. The molecule has 1 saturated carbocycles. The molecular weight excluding hydrogens is 279 g/mol. The molecule has 1 aliphatic carbocycles. The van der Waals surface area contributed by atoms with E-state index in [1.807, 2.05) is 6.92 Å². The molecule has 0 aliphatic heterocycles. The Hall–Kier alpha value is -1.68. The van der Waals surface area contributed by atoms with Gasteiger partial charge in [-0.25, -0.2) is 9.37 Å². The van der Waals surface area contributed by atoms with Gasteiger partial charge in [0.1, 0.15) is 16.8 Å². The van der Waals surface area contributed by atoms with Crippen LogP contribution in [0.1, 0.15) is 35.7 Å². The zero-order valence-corrected chi connectivity index (χ0v) is 11.8. The van der Waals surface area contributed by atoms with Crippen LogP contribution in [0.5, 0.6) is 0 Å². The average Bonchev–Trinajstić information content (AvgIpc) is 3.19. The third kappa shape index (κ3) is 2.61. The third-order valence-corrected chi connectivity index (χ3v) is 3.78. The average molecular weight is 293 g/mol. The Morgan fingerprint density at radius 3 is 2.80 bits per heavy atom. The highest BCUT2D eigenvalue weighted by atomic mass is 35.5. The molecule has 0 amide bonds. The van der Waals surface area contributed by atoms with Crippen molar-refractivity contribution in [2.24, 2.45) is 0 Å². The molecule has 0 spiro atoms. The molecule has 3 rings (SSSR count). The van der Waals surface area contributed by atoms with Crippen LogP contribution in [0.2, 0.25) is 5.15 Å². The van der Waals surface area contributed by atoms with Crippen LogP contribution in [0.15, 0.2) is 29.1 Å². The predicted molar refractivity (Wildman–Crippen MR) is 75.7 cm³/mol. The van der Waals surface area contributed by atoms with Crippen molar-refractivity contribution < 1.29 is 4.39 Å². The first kappa shape index (κ1) is 13.3. The molecule has 0 bridgehead atoms.